The number of fused-ring (bicyclic) bond motifs is 6. The number of hydrogen-bond acceptors (Lipinski definition) is 1. The van der Waals surface area contributed by atoms with E-state index >= 15 is 0 Å². The highest BCUT2D eigenvalue weighted by Crippen LogP contribution is 2.41. The summed E-state index contributed by atoms with van der Waals surface area (Å²) in [4.78, 5) is 2.39. The molecule has 0 N–H and O–H groups in total. The van der Waals surface area contributed by atoms with Crippen molar-refractivity contribution in [3.63, 3.8) is 0 Å². The Labute approximate surface area is 297 Å². The minimum absolute atomic E-state index is 0.935. The molecule has 6 aromatic rings. The van der Waals surface area contributed by atoms with E-state index in [-0.39, 0.29) is 0 Å². The highest BCUT2D eigenvalue weighted by Gasteiger charge is 2.20. The van der Waals surface area contributed by atoms with Crippen LogP contribution in [0.4, 0.5) is 11.4 Å². The van der Waals surface area contributed by atoms with Gasteiger partial charge in [-0.05, 0) is 101 Å². The van der Waals surface area contributed by atoms with E-state index < -0.39 is 0 Å². The first-order valence-corrected chi connectivity index (χ1v) is 17.7. The van der Waals surface area contributed by atoms with Crippen LogP contribution >= 0.6 is 0 Å². The summed E-state index contributed by atoms with van der Waals surface area (Å²) in [7, 11) is 0. The minimum Gasteiger partial charge on any atom is -0.313 e. The van der Waals surface area contributed by atoms with Crippen LogP contribution in [-0.2, 0) is 0 Å². The van der Waals surface area contributed by atoms with Crippen molar-refractivity contribution < 1.29 is 0 Å². The van der Waals surface area contributed by atoms with Crippen molar-refractivity contribution in [3.05, 3.63) is 170 Å². The first kappa shape index (κ1) is 34.1. The second-order valence-corrected chi connectivity index (χ2v) is 12.4. The van der Waals surface area contributed by atoms with E-state index in [0.29, 0.717) is 0 Å². The van der Waals surface area contributed by atoms with Gasteiger partial charge in [0.05, 0.1) is 22.1 Å². The molecule has 0 bridgehead atoms. The van der Waals surface area contributed by atoms with Gasteiger partial charge >= 0.3 is 0 Å². The maximum absolute atomic E-state index is 3.90. The number of allylic oxidation sites excluding steroid dienone is 14. The lowest BCUT2D eigenvalue weighted by Crippen LogP contribution is -2.15. The second kappa shape index (κ2) is 15.2. The quantitative estimate of drug-likeness (QED) is 0.142. The van der Waals surface area contributed by atoms with Crippen molar-refractivity contribution in [1.29, 1.82) is 0 Å². The van der Waals surface area contributed by atoms with Gasteiger partial charge in [0.25, 0.3) is 0 Å². The molecule has 2 aromatic heterocycles. The van der Waals surface area contributed by atoms with Gasteiger partial charge < -0.3 is 14.0 Å². The van der Waals surface area contributed by atoms with Crippen LogP contribution in [0.25, 0.3) is 55.0 Å². The molecule has 2 heterocycles. The van der Waals surface area contributed by atoms with E-state index in [1.165, 1.54) is 54.9 Å². The first-order valence-electron chi connectivity index (χ1n) is 17.7. The number of para-hydroxylation sites is 2. The lowest BCUT2D eigenvalue weighted by molar-refractivity contribution is 1.15. The number of nitrogens with zero attached hydrogens (tertiary/aromatic N) is 3. The molecule has 1 aliphatic rings. The predicted octanol–water partition coefficient (Wildman–Crippen LogP) is 13.9. The number of benzene rings is 4. The Bertz CT molecular complexity index is 2420. The third kappa shape index (κ3) is 6.23. The normalized spacial score (nSPS) is 13.5. The van der Waals surface area contributed by atoms with Gasteiger partial charge in [-0.25, -0.2) is 0 Å². The molecule has 0 unspecified atom stereocenters. The van der Waals surface area contributed by atoms with Crippen LogP contribution in [0, 0.1) is 0 Å². The Morgan fingerprint density at radius 2 is 1.32 bits per heavy atom. The fourth-order valence-electron chi connectivity index (χ4n) is 6.93. The molecule has 0 atom stereocenters. The number of anilines is 2. The standard InChI is InChI=1S/C45H41N3.C2H6/c1-6-9-17-33(8-3)47-42-22-14-12-20-38(42)40-30-36(26-28-44(40)47)46(34(16-7-2)25-24-32(4)5)37-27-29-45-41(31-37)39-21-13-15-23-43(39)48(45)35-18-10-11-19-35;1-2/h6-18,20-31H,1,19H2,2-5H3;1-2H3/b16-7-,17-9-,33-8+,34-25+;. The third-order valence-corrected chi connectivity index (χ3v) is 9.01. The Morgan fingerprint density at radius 3 is 1.94 bits per heavy atom. The maximum Gasteiger partial charge on any atom is 0.0542 e. The second-order valence-electron chi connectivity index (χ2n) is 12.4. The van der Waals surface area contributed by atoms with E-state index in [1.807, 2.05) is 26.0 Å². The highest BCUT2D eigenvalue weighted by molar-refractivity contribution is 6.13. The molecule has 0 saturated carbocycles. The zero-order valence-corrected chi connectivity index (χ0v) is 30.2. The van der Waals surface area contributed by atoms with Gasteiger partial charge in [-0.1, -0.05) is 105 Å². The van der Waals surface area contributed by atoms with Crippen molar-refractivity contribution in [2.24, 2.45) is 0 Å². The predicted molar refractivity (Wildman–Crippen MR) is 222 cm³/mol. The van der Waals surface area contributed by atoms with Gasteiger partial charge in [0, 0.05) is 56.4 Å². The van der Waals surface area contributed by atoms with E-state index in [9.17, 15) is 0 Å². The monoisotopic (exact) mass is 653 g/mol. The molecule has 4 aromatic carbocycles. The smallest absolute Gasteiger partial charge is 0.0542 e. The van der Waals surface area contributed by atoms with E-state index in [0.717, 1.165) is 29.2 Å². The Balaban J connectivity index is 0.00000212. The third-order valence-electron chi connectivity index (χ3n) is 9.01. The van der Waals surface area contributed by atoms with Crippen LogP contribution in [-0.4, -0.2) is 9.13 Å². The van der Waals surface area contributed by atoms with Crippen molar-refractivity contribution in [2.75, 3.05) is 4.90 Å². The van der Waals surface area contributed by atoms with Crippen LogP contribution < -0.4 is 4.90 Å². The van der Waals surface area contributed by atoms with Gasteiger partial charge in [0.2, 0.25) is 0 Å². The van der Waals surface area contributed by atoms with Crippen LogP contribution in [0.2, 0.25) is 0 Å². The van der Waals surface area contributed by atoms with E-state index in [4.69, 9.17) is 0 Å². The average molecular weight is 654 g/mol. The van der Waals surface area contributed by atoms with Crippen LogP contribution in [0.15, 0.2) is 170 Å². The van der Waals surface area contributed by atoms with E-state index in [1.54, 1.807) is 0 Å². The van der Waals surface area contributed by atoms with Gasteiger partial charge in [0.15, 0.2) is 0 Å². The molecule has 0 amide bonds. The summed E-state index contributed by atoms with van der Waals surface area (Å²) in [5.74, 6) is 0. The molecule has 3 nitrogen and oxygen atoms in total. The Morgan fingerprint density at radius 1 is 0.720 bits per heavy atom. The molecule has 0 radical (unpaired) electrons. The molecule has 250 valence electrons. The number of rotatable bonds is 9. The molecule has 50 heavy (non-hydrogen) atoms. The highest BCUT2D eigenvalue weighted by atomic mass is 15.1. The Kier molecular flexibility index (Phi) is 10.3. The molecule has 0 fully saturated rings. The molecule has 0 aliphatic heterocycles. The van der Waals surface area contributed by atoms with Gasteiger partial charge in [0.1, 0.15) is 0 Å². The SMILES string of the molecule is C=C/C=C\C(=C/C)n1c2ccccc2c2cc(N(C(/C=C\C)=C/C=C(C)C)c3ccc4c(c3)c3ccccc3n4C3=CC=CC3)ccc21.CC. The molecular weight excluding hydrogens is 607 g/mol. The van der Waals surface area contributed by atoms with Gasteiger partial charge in [-0.2, -0.15) is 0 Å². The summed E-state index contributed by atoms with van der Waals surface area (Å²) in [6.45, 7) is 16.3. The number of hydrogen-bond donors (Lipinski definition) is 0. The summed E-state index contributed by atoms with van der Waals surface area (Å²) in [5.41, 5.74) is 11.8. The summed E-state index contributed by atoms with van der Waals surface area (Å²) >= 11 is 0. The average Bonchev–Trinajstić information content (AvgIpc) is 3.87. The fraction of sp³-hybridized carbons (Fsp3) is 0.149. The molecular formula is C47H47N3. The zero-order valence-electron chi connectivity index (χ0n) is 30.2. The van der Waals surface area contributed by atoms with Crippen molar-refractivity contribution in [2.45, 2.75) is 48.0 Å². The summed E-state index contributed by atoms with van der Waals surface area (Å²) < 4.78 is 4.77. The maximum atomic E-state index is 3.90. The molecule has 7 rings (SSSR count). The molecule has 0 spiro atoms. The summed E-state index contributed by atoms with van der Waals surface area (Å²) in [5, 5.41) is 4.93. The molecule has 1 aliphatic carbocycles. The van der Waals surface area contributed by atoms with Crippen molar-refractivity contribution in [1.82, 2.24) is 9.13 Å². The van der Waals surface area contributed by atoms with Gasteiger partial charge in [-0.15, -0.1) is 0 Å². The zero-order chi connectivity index (χ0) is 35.2. The van der Waals surface area contributed by atoms with Crippen LogP contribution in [0.1, 0.15) is 48.0 Å². The summed E-state index contributed by atoms with van der Waals surface area (Å²) in [6.07, 6.45) is 24.4. The number of aromatic nitrogens is 2. The van der Waals surface area contributed by atoms with Gasteiger partial charge in [-0.3, -0.25) is 0 Å². The van der Waals surface area contributed by atoms with Crippen molar-refractivity contribution in [3.8, 4) is 0 Å². The first-order chi connectivity index (χ1) is 24.5. The largest absolute Gasteiger partial charge is 0.313 e. The Hall–Kier alpha value is -5.80. The molecule has 0 saturated heterocycles. The minimum atomic E-state index is 0.935. The lowest BCUT2D eigenvalue weighted by Gasteiger charge is -2.27. The van der Waals surface area contributed by atoms with Crippen molar-refractivity contribution >= 4 is 66.4 Å². The summed E-state index contributed by atoms with van der Waals surface area (Å²) in [6, 6.07) is 31.2. The lowest BCUT2D eigenvalue weighted by atomic mass is 10.1. The fourth-order valence-corrected chi connectivity index (χ4v) is 6.93. The van der Waals surface area contributed by atoms with Crippen LogP contribution in [0.3, 0.4) is 0 Å². The topological polar surface area (TPSA) is 13.1 Å². The molecule has 3 heteroatoms. The van der Waals surface area contributed by atoms with E-state index in [2.05, 4.69) is 188 Å². The van der Waals surface area contributed by atoms with Crippen LogP contribution in [0.5, 0.6) is 0 Å².